The van der Waals surface area contributed by atoms with Gasteiger partial charge in [0.15, 0.2) is 0 Å². The second kappa shape index (κ2) is 6.98. The van der Waals surface area contributed by atoms with Crippen LogP contribution >= 0.6 is 12.4 Å². The fourth-order valence-electron chi connectivity index (χ4n) is 2.62. The number of benzene rings is 1. The lowest BCUT2D eigenvalue weighted by Crippen LogP contribution is -2.31. The minimum atomic E-state index is -0.425. The Morgan fingerprint density at radius 3 is 2.28 bits per heavy atom. The van der Waals surface area contributed by atoms with E-state index in [-0.39, 0.29) is 18.4 Å². The molecule has 2 rings (SSSR count). The number of halogens is 1. The standard InChI is InChI=1S/C14H21NO2.ClH/c1-17-12-8-6-10(7-9-12)13(15)14(16)11-4-2-3-5-11;/h6-9,11,13-14,16H,2-5,15H2,1H3;1H/t13-,14+;/m1./s1. The summed E-state index contributed by atoms with van der Waals surface area (Å²) in [5.74, 6) is 1.18. The molecule has 0 aromatic heterocycles. The van der Waals surface area contributed by atoms with Gasteiger partial charge in [0.05, 0.1) is 19.3 Å². The van der Waals surface area contributed by atoms with Gasteiger partial charge in [-0.2, -0.15) is 0 Å². The predicted molar refractivity (Wildman–Crippen MR) is 75.1 cm³/mol. The first-order chi connectivity index (χ1) is 8.22. The average molecular weight is 272 g/mol. The molecule has 0 heterocycles. The molecule has 1 saturated carbocycles. The lowest BCUT2D eigenvalue weighted by molar-refractivity contribution is 0.0845. The van der Waals surface area contributed by atoms with Crippen LogP contribution in [0.2, 0.25) is 0 Å². The zero-order valence-electron chi connectivity index (χ0n) is 10.7. The fraction of sp³-hybridized carbons (Fsp3) is 0.571. The Kier molecular flexibility index (Phi) is 5.93. The summed E-state index contributed by atoms with van der Waals surface area (Å²) in [6.07, 6.45) is 4.22. The van der Waals surface area contributed by atoms with Crippen LogP contribution in [0.15, 0.2) is 24.3 Å². The minimum absolute atomic E-state index is 0. The normalized spacial score (nSPS) is 19.1. The second-order valence-corrected chi connectivity index (χ2v) is 4.83. The van der Waals surface area contributed by atoms with E-state index in [1.54, 1.807) is 7.11 Å². The number of rotatable bonds is 4. The molecule has 3 nitrogen and oxygen atoms in total. The first-order valence-corrected chi connectivity index (χ1v) is 6.30. The molecule has 102 valence electrons. The van der Waals surface area contributed by atoms with Crippen molar-refractivity contribution < 1.29 is 9.84 Å². The summed E-state index contributed by atoms with van der Waals surface area (Å²) in [5, 5.41) is 10.2. The lowest BCUT2D eigenvalue weighted by atomic mass is 9.91. The highest BCUT2D eigenvalue weighted by atomic mass is 35.5. The maximum Gasteiger partial charge on any atom is 0.118 e. The molecule has 0 spiro atoms. The molecule has 0 radical (unpaired) electrons. The number of hydrogen-bond acceptors (Lipinski definition) is 3. The van der Waals surface area contributed by atoms with Gasteiger partial charge in [-0.15, -0.1) is 12.4 Å². The van der Waals surface area contributed by atoms with Crippen molar-refractivity contribution in [1.29, 1.82) is 0 Å². The monoisotopic (exact) mass is 271 g/mol. The summed E-state index contributed by atoms with van der Waals surface area (Å²) >= 11 is 0. The highest BCUT2D eigenvalue weighted by molar-refractivity contribution is 5.85. The van der Waals surface area contributed by atoms with Gasteiger partial charge in [-0.1, -0.05) is 25.0 Å². The Balaban J connectivity index is 0.00000162. The van der Waals surface area contributed by atoms with E-state index >= 15 is 0 Å². The van der Waals surface area contributed by atoms with Crippen LogP contribution in [0.1, 0.15) is 37.3 Å². The van der Waals surface area contributed by atoms with E-state index in [1.165, 1.54) is 12.8 Å². The van der Waals surface area contributed by atoms with Gasteiger partial charge in [0.2, 0.25) is 0 Å². The summed E-state index contributed by atoms with van der Waals surface area (Å²) in [4.78, 5) is 0. The van der Waals surface area contributed by atoms with Crippen LogP contribution in [0.5, 0.6) is 5.75 Å². The molecule has 1 aromatic carbocycles. The van der Waals surface area contributed by atoms with Crippen molar-refractivity contribution in [3.05, 3.63) is 29.8 Å². The van der Waals surface area contributed by atoms with Crippen LogP contribution in [0.3, 0.4) is 0 Å². The van der Waals surface area contributed by atoms with Crippen molar-refractivity contribution in [2.24, 2.45) is 11.7 Å². The van der Waals surface area contributed by atoms with Crippen molar-refractivity contribution in [1.82, 2.24) is 0 Å². The molecule has 1 aromatic rings. The van der Waals surface area contributed by atoms with Crippen molar-refractivity contribution in [2.75, 3.05) is 7.11 Å². The Morgan fingerprint density at radius 2 is 1.78 bits per heavy atom. The number of ether oxygens (including phenoxy) is 1. The third-order valence-corrected chi connectivity index (χ3v) is 3.75. The number of nitrogens with two attached hydrogens (primary N) is 1. The number of aliphatic hydroxyl groups is 1. The predicted octanol–water partition coefficient (Wildman–Crippen LogP) is 2.67. The van der Waals surface area contributed by atoms with E-state index in [1.807, 2.05) is 24.3 Å². The lowest BCUT2D eigenvalue weighted by Gasteiger charge is -2.24. The van der Waals surface area contributed by atoms with Crippen LogP contribution in [-0.4, -0.2) is 18.3 Å². The van der Waals surface area contributed by atoms with Crippen molar-refractivity contribution in [3.63, 3.8) is 0 Å². The van der Waals surface area contributed by atoms with E-state index in [9.17, 15) is 5.11 Å². The Labute approximate surface area is 115 Å². The molecule has 0 saturated heterocycles. The van der Waals surface area contributed by atoms with Gasteiger partial charge in [0, 0.05) is 0 Å². The quantitative estimate of drug-likeness (QED) is 0.885. The summed E-state index contributed by atoms with van der Waals surface area (Å²) in [7, 11) is 1.64. The first kappa shape index (κ1) is 15.3. The molecular formula is C14H22ClNO2. The van der Waals surface area contributed by atoms with Crippen molar-refractivity contribution >= 4 is 12.4 Å². The minimum Gasteiger partial charge on any atom is -0.497 e. The molecule has 0 amide bonds. The van der Waals surface area contributed by atoms with Crippen molar-refractivity contribution in [2.45, 2.75) is 37.8 Å². The Hall–Kier alpha value is -0.770. The van der Waals surface area contributed by atoms with E-state index in [2.05, 4.69) is 0 Å². The SMILES string of the molecule is COc1ccc([C@@H](N)[C@@H](O)C2CCCC2)cc1.Cl. The molecule has 1 aliphatic rings. The fourth-order valence-corrected chi connectivity index (χ4v) is 2.62. The summed E-state index contributed by atoms with van der Waals surface area (Å²) in [6.45, 7) is 0. The highest BCUT2D eigenvalue weighted by Gasteiger charge is 2.28. The zero-order valence-corrected chi connectivity index (χ0v) is 11.5. The molecular weight excluding hydrogens is 250 g/mol. The summed E-state index contributed by atoms with van der Waals surface area (Å²) in [6, 6.07) is 7.35. The number of methoxy groups -OCH3 is 1. The van der Waals surface area contributed by atoms with E-state index in [0.717, 1.165) is 24.2 Å². The third-order valence-electron chi connectivity index (χ3n) is 3.75. The second-order valence-electron chi connectivity index (χ2n) is 4.83. The van der Waals surface area contributed by atoms with Crippen LogP contribution in [0, 0.1) is 5.92 Å². The number of aliphatic hydroxyl groups excluding tert-OH is 1. The zero-order chi connectivity index (χ0) is 12.3. The van der Waals surface area contributed by atoms with Gasteiger partial charge < -0.3 is 15.6 Å². The molecule has 2 atom stereocenters. The van der Waals surface area contributed by atoms with Crippen LogP contribution in [0.25, 0.3) is 0 Å². The summed E-state index contributed by atoms with van der Waals surface area (Å²) < 4.78 is 5.11. The molecule has 3 N–H and O–H groups in total. The van der Waals surface area contributed by atoms with Crippen LogP contribution in [-0.2, 0) is 0 Å². The van der Waals surface area contributed by atoms with Crippen LogP contribution < -0.4 is 10.5 Å². The van der Waals surface area contributed by atoms with Gasteiger partial charge in [0.1, 0.15) is 5.75 Å². The van der Waals surface area contributed by atoms with E-state index < -0.39 is 6.10 Å². The molecule has 1 aliphatic carbocycles. The molecule has 4 heteroatoms. The highest BCUT2D eigenvalue weighted by Crippen LogP contribution is 2.32. The molecule has 0 unspecified atom stereocenters. The van der Waals surface area contributed by atoms with E-state index in [0.29, 0.717) is 5.92 Å². The maximum atomic E-state index is 10.2. The summed E-state index contributed by atoms with van der Waals surface area (Å²) in [5.41, 5.74) is 7.10. The number of hydrogen-bond donors (Lipinski definition) is 2. The van der Waals surface area contributed by atoms with Gasteiger partial charge in [0.25, 0.3) is 0 Å². The van der Waals surface area contributed by atoms with Gasteiger partial charge >= 0.3 is 0 Å². The topological polar surface area (TPSA) is 55.5 Å². The molecule has 18 heavy (non-hydrogen) atoms. The molecule has 0 bridgehead atoms. The maximum absolute atomic E-state index is 10.2. The van der Waals surface area contributed by atoms with Crippen molar-refractivity contribution in [3.8, 4) is 5.75 Å². The van der Waals surface area contributed by atoms with Crippen LogP contribution in [0.4, 0.5) is 0 Å². The smallest absolute Gasteiger partial charge is 0.118 e. The van der Waals surface area contributed by atoms with Gasteiger partial charge in [-0.3, -0.25) is 0 Å². The third kappa shape index (κ3) is 3.37. The van der Waals surface area contributed by atoms with Gasteiger partial charge in [-0.25, -0.2) is 0 Å². The molecule has 0 aliphatic heterocycles. The van der Waals surface area contributed by atoms with Gasteiger partial charge in [-0.05, 0) is 36.5 Å². The molecule has 1 fully saturated rings. The van der Waals surface area contributed by atoms with E-state index in [4.69, 9.17) is 10.5 Å². The largest absolute Gasteiger partial charge is 0.497 e. The first-order valence-electron chi connectivity index (χ1n) is 6.30. The Morgan fingerprint density at radius 1 is 1.22 bits per heavy atom. The Bertz CT molecular complexity index is 349. The average Bonchev–Trinajstić information content (AvgIpc) is 2.91.